The van der Waals surface area contributed by atoms with Crippen LogP contribution in [0.5, 0.6) is 0 Å². The van der Waals surface area contributed by atoms with E-state index in [1.165, 1.54) is 12.8 Å². The number of anilines is 2. The Morgan fingerprint density at radius 2 is 1.86 bits per heavy atom. The molecule has 6 heteroatoms. The topological polar surface area (TPSA) is 58.1 Å². The van der Waals surface area contributed by atoms with Crippen molar-refractivity contribution in [3.05, 3.63) is 46.6 Å². The second kappa shape index (κ2) is 6.22. The fourth-order valence-corrected chi connectivity index (χ4v) is 2.69. The largest absolute Gasteiger partial charge is 0.355 e. The van der Waals surface area contributed by atoms with Crippen LogP contribution in [0.15, 0.2) is 40.9 Å². The molecule has 1 saturated heterocycles. The summed E-state index contributed by atoms with van der Waals surface area (Å²) in [5, 5.41) is 11.0. The molecule has 0 saturated carbocycles. The quantitative estimate of drug-likeness (QED) is 0.927. The van der Waals surface area contributed by atoms with Crippen molar-refractivity contribution in [3.8, 4) is 0 Å². The van der Waals surface area contributed by atoms with Crippen LogP contribution in [0.1, 0.15) is 23.3 Å². The molecule has 0 aliphatic carbocycles. The van der Waals surface area contributed by atoms with Gasteiger partial charge in [-0.05, 0) is 53.0 Å². The SMILES string of the molecule is O=C(Nc1ccccc1Br)c1ccc(N2CCCC2)nn1. The average Bonchev–Trinajstić information content (AvgIpc) is 3.04. The number of hydrogen-bond acceptors (Lipinski definition) is 4. The third-order valence-electron chi connectivity index (χ3n) is 3.44. The number of amides is 1. The molecule has 1 aromatic heterocycles. The molecule has 1 amide bonds. The summed E-state index contributed by atoms with van der Waals surface area (Å²) in [6.45, 7) is 2.02. The van der Waals surface area contributed by atoms with Crippen molar-refractivity contribution in [2.75, 3.05) is 23.3 Å². The van der Waals surface area contributed by atoms with Crippen LogP contribution in [-0.2, 0) is 0 Å². The molecular weight excluding hydrogens is 332 g/mol. The fourth-order valence-electron chi connectivity index (χ4n) is 2.31. The molecule has 3 rings (SSSR count). The van der Waals surface area contributed by atoms with Crippen molar-refractivity contribution < 1.29 is 4.79 Å². The lowest BCUT2D eigenvalue weighted by molar-refractivity contribution is 0.102. The highest BCUT2D eigenvalue weighted by molar-refractivity contribution is 9.10. The third-order valence-corrected chi connectivity index (χ3v) is 4.13. The first kappa shape index (κ1) is 14.0. The van der Waals surface area contributed by atoms with E-state index in [0.717, 1.165) is 23.4 Å². The molecule has 2 aromatic rings. The van der Waals surface area contributed by atoms with Gasteiger partial charge in [-0.25, -0.2) is 0 Å². The van der Waals surface area contributed by atoms with E-state index in [1.807, 2.05) is 30.3 Å². The minimum atomic E-state index is -0.262. The molecule has 0 radical (unpaired) electrons. The molecule has 5 nitrogen and oxygen atoms in total. The van der Waals surface area contributed by atoms with Crippen LogP contribution < -0.4 is 10.2 Å². The van der Waals surface area contributed by atoms with Crippen molar-refractivity contribution in [2.45, 2.75) is 12.8 Å². The molecular formula is C15H15BrN4O. The molecule has 1 fully saturated rings. The lowest BCUT2D eigenvalue weighted by Gasteiger charge is -2.15. The molecule has 1 aliphatic rings. The van der Waals surface area contributed by atoms with Gasteiger partial charge in [-0.2, -0.15) is 0 Å². The van der Waals surface area contributed by atoms with Crippen molar-refractivity contribution >= 4 is 33.3 Å². The third kappa shape index (κ3) is 3.21. The zero-order chi connectivity index (χ0) is 14.7. The van der Waals surface area contributed by atoms with Crippen LogP contribution in [0.3, 0.4) is 0 Å². The van der Waals surface area contributed by atoms with Gasteiger partial charge < -0.3 is 10.2 Å². The highest BCUT2D eigenvalue weighted by Crippen LogP contribution is 2.22. The zero-order valence-electron chi connectivity index (χ0n) is 11.4. The van der Waals surface area contributed by atoms with Gasteiger partial charge in [-0.15, -0.1) is 10.2 Å². The highest BCUT2D eigenvalue weighted by Gasteiger charge is 2.15. The van der Waals surface area contributed by atoms with Crippen LogP contribution in [0.25, 0.3) is 0 Å². The van der Waals surface area contributed by atoms with Gasteiger partial charge in [0, 0.05) is 17.6 Å². The van der Waals surface area contributed by atoms with E-state index >= 15 is 0 Å². The Balaban J connectivity index is 1.71. The van der Waals surface area contributed by atoms with Crippen molar-refractivity contribution in [3.63, 3.8) is 0 Å². The first-order valence-electron chi connectivity index (χ1n) is 6.88. The summed E-state index contributed by atoms with van der Waals surface area (Å²) in [5.41, 5.74) is 1.03. The van der Waals surface area contributed by atoms with E-state index in [-0.39, 0.29) is 5.91 Å². The summed E-state index contributed by atoms with van der Waals surface area (Å²) in [6.07, 6.45) is 2.37. The van der Waals surface area contributed by atoms with Gasteiger partial charge in [0.15, 0.2) is 11.5 Å². The van der Waals surface area contributed by atoms with Gasteiger partial charge >= 0.3 is 0 Å². The Bertz CT molecular complexity index is 638. The van der Waals surface area contributed by atoms with E-state index in [2.05, 4.69) is 36.3 Å². The van der Waals surface area contributed by atoms with Crippen LogP contribution in [0, 0.1) is 0 Å². The molecule has 0 bridgehead atoms. The number of carbonyl (C=O) groups excluding carboxylic acids is 1. The van der Waals surface area contributed by atoms with Crippen molar-refractivity contribution in [1.82, 2.24) is 10.2 Å². The summed E-state index contributed by atoms with van der Waals surface area (Å²) in [4.78, 5) is 14.3. The maximum absolute atomic E-state index is 12.2. The van der Waals surface area contributed by atoms with E-state index in [1.54, 1.807) is 6.07 Å². The summed E-state index contributed by atoms with van der Waals surface area (Å²) in [6, 6.07) is 11.0. The average molecular weight is 347 g/mol. The van der Waals surface area contributed by atoms with Crippen LogP contribution in [0.2, 0.25) is 0 Å². The maximum Gasteiger partial charge on any atom is 0.276 e. The van der Waals surface area contributed by atoms with E-state index in [4.69, 9.17) is 0 Å². The Hall–Kier alpha value is -1.95. The summed E-state index contributed by atoms with van der Waals surface area (Å²) in [7, 11) is 0. The normalized spacial score (nSPS) is 14.2. The number of hydrogen-bond donors (Lipinski definition) is 1. The Labute approximate surface area is 131 Å². The minimum absolute atomic E-state index is 0.262. The van der Waals surface area contributed by atoms with Gasteiger partial charge in [0.2, 0.25) is 0 Å². The molecule has 1 aromatic carbocycles. The van der Waals surface area contributed by atoms with E-state index in [0.29, 0.717) is 11.4 Å². The predicted octanol–water partition coefficient (Wildman–Crippen LogP) is 3.09. The smallest absolute Gasteiger partial charge is 0.276 e. The number of para-hydroxylation sites is 1. The molecule has 2 heterocycles. The Morgan fingerprint density at radius 1 is 1.10 bits per heavy atom. The molecule has 108 valence electrons. The second-order valence-corrected chi connectivity index (χ2v) is 5.76. The summed E-state index contributed by atoms with van der Waals surface area (Å²) >= 11 is 3.40. The number of rotatable bonds is 3. The first-order valence-corrected chi connectivity index (χ1v) is 7.68. The fraction of sp³-hybridized carbons (Fsp3) is 0.267. The molecule has 0 unspecified atom stereocenters. The van der Waals surface area contributed by atoms with Gasteiger partial charge in [-0.1, -0.05) is 12.1 Å². The Kier molecular flexibility index (Phi) is 4.15. The van der Waals surface area contributed by atoms with Crippen molar-refractivity contribution in [2.24, 2.45) is 0 Å². The summed E-state index contributed by atoms with van der Waals surface area (Å²) < 4.78 is 0.833. The Morgan fingerprint density at radius 3 is 2.52 bits per heavy atom. The predicted molar refractivity (Wildman–Crippen MR) is 85.6 cm³/mol. The van der Waals surface area contributed by atoms with Crippen LogP contribution in [0.4, 0.5) is 11.5 Å². The number of carbonyl (C=O) groups is 1. The van der Waals surface area contributed by atoms with Crippen molar-refractivity contribution in [1.29, 1.82) is 0 Å². The monoisotopic (exact) mass is 346 g/mol. The number of benzene rings is 1. The van der Waals surface area contributed by atoms with E-state index < -0.39 is 0 Å². The highest BCUT2D eigenvalue weighted by atomic mass is 79.9. The van der Waals surface area contributed by atoms with Crippen LogP contribution in [-0.4, -0.2) is 29.2 Å². The van der Waals surface area contributed by atoms with Gasteiger partial charge in [-0.3, -0.25) is 4.79 Å². The molecule has 21 heavy (non-hydrogen) atoms. The molecule has 1 N–H and O–H groups in total. The summed E-state index contributed by atoms with van der Waals surface area (Å²) in [5.74, 6) is 0.576. The number of aromatic nitrogens is 2. The maximum atomic E-state index is 12.2. The number of halogens is 1. The number of nitrogens with one attached hydrogen (secondary N) is 1. The molecule has 0 atom stereocenters. The number of nitrogens with zero attached hydrogens (tertiary/aromatic N) is 3. The van der Waals surface area contributed by atoms with E-state index in [9.17, 15) is 4.79 Å². The molecule has 1 aliphatic heterocycles. The van der Waals surface area contributed by atoms with Gasteiger partial charge in [0.05, 0.1) is 5.69 Å². The lowest BCUT2D eigenvalue weighted by atomic mass is 10.3. The van der Waals surface area contributed by atoms with Gasteiger partial charge in [0.1, 0.15) is 0 Å². The lowest BCUT2D eigenvalue weighted by Crippen LogP contribution is -2.21. The van der Waals surface area contributed by atoms with Crippen LogP contribution >= 0.6 is 15.9 Å². The minimum Gasteiger partial charge on any atom is -0.355 e. The zero-order valence-corrected chi connectivity index (χ0v) is 13.0. The second-order valence-electron chi connectivity index (χ2n) is 4.90. The first-order chi connectivity index (χ1) is 10.2. The standard InChI is InChI=1S/C15H15BrN4O/c16-11-5-1-2-6-12(11)17-15(21)13-7-8-14(19-18-13)20-9-3-4-10-20/h1-2,5-8H,3-4,9-10H2,(H,17,21). The van der Waals surface area contributed by atoms with Gasteiger partial charge in [0.25, 0.3) is 5.91 Å². The molecule has 0 spiro atoms.